The van der Waals surface area contributed by atoms with Crippen LogP contribution in [0.3, 0.4) is 0 Å². The number of rotatable bonds is 3. The average Bonchev–Trinajstić information content (AvgIpc) is 3.43. The molecule has 1 fully saturated rings. The quantitative estimate of drug-likeness (QED) is 0.243. The summed E-state index contributed by atoms with van der Waals surface area (Å²) in [6, 6.07) is 8.24. The van der Waals surface area contributed by atoms with E-state index in [2.05, 4.69) is 32.8 Å². The van der Waals surface area contributed by atoms with E-state index < -0.39 is 17.6 Å². The monoisotopic (exact) mass is 603 g/mol. The molecule has 2 amide bonds. The number of nitrogens with one attached hydrogen (secondary N) is 2. The fourth-order valence-corrected chi connectivity index (χ4v) is 6.05. The Balaban J connectivity index is 1.36. The first-order valence-electron chi connectivity index (χ1n) is 14.7. The summed E-state index contributed by atoms with van der Waals surface area (Å²) < 4.78 is 41.3. The minimum atomic E-state index is -4.55. The van der Waals surface area contributed by atoms with Crippen LogP contribution in [-0.2, 0) is 17.4 Å². The Labute approximate surface area is 251 Å². The summed E-state index contributed by atoms with van der Waals surface area (Å²) in [4.78, 5) is 34.2. The second-order valence-electron chi connectivity index (χ2n) is 11.3. The SMILES string of the molecule is Nc1ncc2c3c1c(-c1ccc(C(=O)Nc4cc(C(F)(F)F)ccn4)cc1)nn3[C@@H]1CCC[C@H](C1)C(=O)NCCC/C=C\C2. The number of halogens is 3. The summed E-state index contributed by atoms with van der Waals surface area (Å²) in [5, 5.41) is 11.3. The molecule has 6 rings (SSSR count). The summed E-state index contributed by atoms with van der Waals surface area (Å²) in [5.74, 6) is -0.478. The van der Waals surface area contributed by atoms with Crippen LogP contribution in [0.15, 0.2) is 60.9 Å². The Morgan fingerprint density at radius 3 is 2.68 bits per heavy atom. The maximum absolute atomic E-state index is 13.1. The van der Waals surface area contributed by atoms with Gasteiger partial charge < -0.3 is 16.4 Å². The molecule has 1 aliphatic carbocycles. The van der Waals surface area contributed by atoms with E-state index in [0.29, 0.717) is 41.8 Å². The first kappa shape index (κ1) is 29.3. The number of hydrogen-bond donors (Lipinski definition) is 3. The Hall–Kier alpha value is -4.74. The topological polar surface area (TPSA) is 128 Å². The zero-order chi connectivity index (χ0) is 30.8. The van der Waals surface area contributed by atoms with Gasteiger partial charge in [0.05, 0.1) is 22.5 Å². The number of carbonyl (C=O) groups excluding carboxylic acids is 2. The lowest BCUT2D eigenvalue weighted by Crippen LogP contribution is -2.35. The van der Waals surface area contributed by atoms with Gasteiger partial charge in [0.2, 0.25) is 5.91 Å². The molecule has 0 spiro atoms. The third-order valence-corrected chi connectivity index (χ3v) is 8.29. The van der Waals surface area contributed by atoms with E-state index in [1.165, 1.54) is 0 Å². The van der Waals surface area contributed by atoms with E-state index in [0.717, 1.165) is 61.5 Å². The summed E-state index contributed by atoms with van der Waals surface area (Å²) in [5.41, 5.74) is 8.99. The number of allylic oxidation sites excluding steroid dienone is 2. The van der Waals surface area contributed by atoms with Gasteiger partial charge in [-0.2, -0.15) is 18.3 Å². The second-order valence-corrected chi connectivity index (χ2v) is 11.3. The number of aromatic nitrogens is 4. The van der Waals surface area contributed by atoms with Gasteiger partial charge in [0.1, 0.15) is 17.3 Å². The molecule has 9 nitrogen and oxygen atoms in total. The maximum Gasteiger partial charge on any atom is 0.416 e. The first-order chi connectivity index (χ1) is 21.2. The summed E-state index contributed by atoms with van der Waals surface area (Å²) in [6.07, 6.45) is 8.12. The third kappa shape index (κ3) is 6.01. The number of hydrogen-bond acceptors (Lipinski definition) is 6. The Kier molecular flexibility index (Phi) is 8.07. The summed E-state index contributed by atoms with van der Waals surface area (Å²) in [6.45, 7) is 0.652. The van der Waals surface area contributed by atoms with Crippen LogP contribution in [0.1, 0.15) is 66.1 Å². The Bertz CT molecular complexity index is 1730. The number of nitrogen functional groups attached to an aromatic ring is 1. The van der Waals surface area contributed by atoms with E-state index in [9.17, 15) is 22.8 Å². The largest absolute Gasteiger partial charge is 0.416 e. The number of nitrogens with zero attached hydrogens (tertiary/aromatic N) is 4. The lowest BCUT2D eigenvalue weighted by molar-refractivity contribution is -0.137. The normalized spacial score (nSPS) is 20.0. The van der Waals surface area contributed by atoms with Crippen LogP contribution in [0.5, 0.6) is 0 Å². The number of alkyl halides is 3. The van der Waals surface area contributed by atoms with Crippen molar-refractivity contribution in [3.05, 3.63) is 77.6 Å². The number of pyridine rings is 2. The molecule has 0 saturated heterocycles. The standard InChI is InChI=1S/C32H32F3N7O2/c33-32(34,35)23-13-15-37-25(17-23)40-31(44)20-11-9-19(10-12-20)27-26-28-22(18-39-29(26)36)6-3-1-2-4-14-38-30(43)21-7-5-8-24(16-21)42(28)41-27/h1,3,9-13,15,17-18,21,24H,2,4-8,14,16H2,(H2,36,39)(H,38,43)(H,37,40,44)/b3-1-/t21-,24-/m1/s1. The number of anilines is 2. The number of nitrogens with two attached hydrogens (primary N) is 1. The van der Waals surface area contributed by atoms with Gasteiger partial charge in [0.25, 0.3) is 5.91 Å². The highest BCUT2D eigenvalue weighted by Crippen LogP contribution is 2.40. The maximum atomic E-state index is 13.1. The average molecular weight is 604 g/mol. The van der Waals surface area contributed by atoms with Crippen LogP contribution in [0.2, 0.25) is 0 Å². The van der Waals surface area contributed by atoms with Crippen molar-refractivity contribution < 1.29 is 22.8 Å². The molecule has 1 aliphatic heterocycles. The van der Waals surface area contributed by atoms with Gasteiger partial charge in [-0.05, 0) is 62.8 Å². The lowest BCUT2D eigenvalue weighted by atomic mass is 9.85. The van der Waals surface area contributed by atoms with Crippen molar-refractivity contribution in [2.24, 2.45) is 5.92 Å². The molecule has 12 heteroatoms. The van der Waals surface area contributed by atoms with Crippen LogP contribution < -0.4 is 16.4 Å². The van der Waals surface area contributed by atoms with E-state index in [4.69, 9.17) is 10.8 Å². The molecule has 4 heterocycles. The van der Waals surface area contributed by atoms with Gasteiger partial charge in [0, 0.05) is 41.5 Å². The lowest BCUT2D eigenvalue weighted by Gasteiger charge is -2.29. The zero-order valence-corrected chi connectivity index (χ0v) is 23.9. The molecular weight excluding hydrogens is 571 g/mol. The molecule has 0 radical (unpaired) electrons. The molecule has 44 heavy (non-hydrogen) atoms. The smallest absolute Gasteiger partial charge is 0.383 e. The van der Waals surface area contributed by atoms with Gasteiger partial charge in [0.15, 0.2) is 0 Å². The van der Waals surface area contributed by atoms with Crippen molar-refractivity contribution >= 4 is 34.4 Å². The minimum Gasteiger partial charge on any atom is -0.383 e. The molecule has 4 aromatic rings. The number of fused-ring (bicyclic) bond motifs is 3. The molecule has 2 atom stereocenters. The molecule has 1 aromatic carbocycles. The fourth-order valence-electron chi connectivity index (χ4n) is 6.05. The third-order valence-electron chi connectivity index (χ3n) is 8.29. The van der Waals surface area contributed by atoms with Gasteiger partial charge in [-0.25, -0.2) is 9.97 Å². The molecule has 4 N–H and O–H groups in total. The zero-order valence-electron chi connectivity index (χ0n) is 23.9. The van der Waals surface area contributed by atoms with E-state index in [1.807, 2.05) is 4.68 Å². The van der Waals surface area contributed by atoms with Crippen molar-refractivity contribution in [3.63, 3.8) is 0 Å². The Morgan fingerprint density at radius 1 is 1.07 bits per heavy atom. The van der Waals surface area contributed by atoms with E-state index in [1.54, 1.807) is 30.5 Å². The molecular formula is C32H32F3N7O2. The number of amides is 2. The van der Waals surface area contributed by atoms with E-state index in [-0.39, 0.29) is 29.2 Å². The van der Waals surface area contributed by atoms with E-state index >= 15 is 0 Å². The van der Waals surface area contributed by atoms with Crippen LogP contribution in [-0.4, -0.2) is 38.1 Å². The molecule has 3 aromatic heterocycles. The van der Waals surface area contributed by atoms with Crippen molar-refractivity contribution in [1.82, 2.24) is 25.1 Å². The highest BCUT2D eigenvalue weighted by molar-refractivity contribution is 6.05. The van der Waals surface area contributed by atoms with Gasteiger partial charge in [-0.15, -0.1) is 0 Å². The van der Waals surface area contributed by atoms with Gasteiger partial charge >= 0.3 is 6.18 Å². The van der Waals surface area contributed by atoms with Crippen molar-refractivity contribution in [1.29, 1.82) is 0 Å². The van der Waals surface area contributed by atoms with Gasteiger partial charge in [-0.3, -0.25) is 14.3 Å². The van der Waals surface area contributed by atoms with Crippen LogP contribution in [0.25, 0.3) is 22.2 Å². The highest BCUT2D eigenvalue weighted by Gasteiger charge is 2.32. The molecule has 228 valence electrons. The van der Waals surface area contributed by atoms with Crippen LogP contribution in [0.4, 0.5) is 24.8 Å². The molecule has 2 aliphatic rings. The fraction of sp³-hybridized carbons (Fsp3) is 0.344. The van der Waals surface area contributed by atoms with Crippen molar-refractivity contribution in [3.8, 4) is 11.3 Å². The van der Waals surface area contributed by atoms with Gasteiger partial charge in [-0.1, -0.05) is 30.7 Å². The van der Waals surface area contributed by atoms with Crippen LogP contribution >= 0.6 is 0 Å². The summed E-state index contributed by atoms with van der Waals surface area (Å²) in [7, 11) is 0. The molecule has 0 unspecified atom stereocenters. The predicted octanol–water partition coefficient (Wildman–Crippen LogP) is 6.09. The first-order valence-corrected chi connectivity index (χ1v) is 14.7. The molecule has 1 saturated carbocycles. The number of carbonyl (C=O) groups is 2. The van der Waals surface area contributed by atoms with Crippen molar-refractivity contribution in [2.45, 2.75) is 57.2 Å². The van der Waals surface area contributed by atoms with Crippen molar-refractivity contribution in [2.75, 3.05) is 17.6 Å². The number of benzene rings is 1. The highest BCUT2D eigenvalue weighted by atomic mass is 19.4. The Morgan fingerprint density at radius 2 is 1.89 bits per heavy atom. The summed E-state index contributed by atoms with van der Waals surface area (Å²) >= 11 is 0. The molecule has 2 bridgehead atoms. The minimum absolute atomic E-state index is 0.00627. The second kappa shape index (κ2) is 12.1. The van der Waals surface area contributed by atoms with Crippen LogP contribution in [0, 0.1) is 5.92 Å². The predicted molar refractivity (Wildman–Crippen MR) is 161 cm³/mol.